The van der Waals surface area contributed by atoms with Crippen LogP contribution >= 0.6 is 27.3 Å². The van der Waals surface area contributed by atoms with Crippen molar-refractivity contribution in [1.82, 2.24) is 14.6 Å². The number of nitrogens with zero attached hydrogens (tertiary/aromatic N) is 3. The summed E-state index contributed by atoms with van der Waals surface area (Å²) in [5.74, 6) is 0.0943. The smallest absolute Gasteiger partial charge is 0.331 e. The fraction of sp³-hybridized carbons (Fsp3) is 0.222. The summed E-state index contributed by atoms with van der Waals surface area (Å²) in [5, 5.41) is 5.00. The highest BCUT2D eigenvalue weighted by Crippen LogP contribution is 2.24. The van der Waals surface area contributed by atoms with E-state index < -0.39 is 5.97 Å². The van der Waals surface area contributed by atoms with E-state index in [4.69, 9.17) is 9.47 Å². The SMILES string of the molecule is CCc1nn2c(=O)cc(COC(=O)/C=C/c3cc(Br)ccc3OC)nc2s1. The van der Waals surface area contributed by atoms with Crippen LogP contribution in [0.3, 0.4) is 0 Å². The lowest BCUT2D eigenvalue weighted by molar-refractivity contribution is -0.139. The number of fused-ring (bicyclic) bond motifs is 1. The third kappa shape index (κ3) is 4.61. The van der Waals surface area contributed by atoms with Crippen LogP contribution in [0.5, 0.6) is 5.75 Å². The summed E-state index contributed by atoms with van der Waals surface area (Å²) in [6, 6.07) is 6.79. The lowest BCUT2D eigenvalue weighted by Gasteiger charge is -2.05. The summed E-state index contributed by atoms with van der Waals surface area (Å²) in [6.07, 6.45) is 3.63. The van der Waals surface area contributed by atoms with Gasteiger partial charge in [-0.2, -0.15) is 9.61 Å². The van der Waals surface area contributed by atoms with Crippen molar-refractivity contribution in [2.75, 3.05) is 7.11 Å². The average molecular weight is 450 g/mol. The zero-order valence-electron chi connectivity index (χ0n) is 14.6. The van der Waals surface area contributed by atoms with Crippen molar-refractivity contribution in [1.29, 1.82) is 0 Å². The van der Waals surface area contributed by atoms with Gasteiger partial charge < -0.3 is 9.47 Å². The second-order valence-corrected chi connectivity index (χ2v) is 7.41. The normalized spacial score (nSPS) is 11.2. The third-order valence-electron chi connectivity index (χ3n) is 3.60. The minimum Gasteiger partial charge on any atom is -0.496 e. The first kappa shape index (κ1) is 19.2. The number of ether oxygens (including phenoxy) is 2. The molecule has 0 saturated carbocycles. The van der Waals surface area contributed by atoms with Gasteiger partial charge in [0, 0.05) is 22.2 Å². The molecule has 27 heavy (non-hydrogen) atoms. The number of aromatic nitrogens is 3. The molecule has 7 nitrogen and oxygen atoms in total. The van der Waals surface area contributed by atoms with E-state index in [9.17, 15) is 9.59 Å². The fourth-order valence-electron chi connectivity index (χ4n) is 2.30. The molecule has 0 aliphatic carbocycles. The number of halogens is 1. The molecule has 9 heteroatoms. The van der Waals surface area contributed by atoms with Gasteiger partial charge in [-0.3, -0.25) is 4.79 Å². The average Bonchev–Trinajstić information content (AvgIpc) is 3.08. The molecule has 0 aliphatic rings. The summed E-state index contributed by atoms with van der Waals surface area (Å²) in [7, 11) is 1.56. The second kappa shape index (κ2) is 8.45. The third-order valence-corrected chi connectivity index (χ3v) is 5.14. The van der Waals surface area contributed by atoms with Gasteiger partial charge in [-0.25, -0.2) is 9.78 Å². The number of rotatable bonds is 6. The molecule has 0 saturated heterocycles. The Balaban J connectivity index is 1.70. The minimum absolute atomic E-state index is 0.0934. The fourth-order valence-corrected chi connectivity index (χ4v) is 3.54. The van der Waals surface area contributed by atoms with E-state index >= 15 is 0 Å². The van der Waals surface area contributed by atoms with Crippen LogP contribution in [0, 0.1) is 0 Å². The van der Waals surface area contributed by atoms with Gasteiger partial charge in [0.2, 0.25) is 4.96 Å². The number of carbonyl (C=O) groups excluding carboxylic acids is 1. The molecule has 140 valence electrons. The van der Waals surface area contributed by atoms with Crippen molar-refractivity contribution >= 4 is 44.3 Å². The van der Waals surface area contributed by atoms with Crippen molar-refractivity contribution in [3.63, 3.8) is 0 Å². The van der Waals surface area contributed by atoms with Gasteiger partial charge in [-0.15, -0.1) is 0 Å². The summed E-state index contributed by atoms with van der Waals surface area (Å²) in [5.41, 5.74) is 0.822. The largest absolute Gasteiger partial charge is 0.496 e. The van der Waals surface area contributed by atoms with Crippen molar-refractivity contribution in [2.24, 2.45) is 0 Å². The van der Waals surface area contributed by atoms with Crippen LogP contribution < -0.4 is 10.3 Å². The molecule has 0 atom stereocenters. The Morgan fingerprint density at radius 1 is 1.37 bits per heavy atom. The maximum atomic E-state index is 12.1. The summed E-state index contributed by atoms with van der Waals surface area (Å²) in [4.78, 5) is 28.9. The first-order valence-corrected chi connectivity index (χ1v) is 9.68. The van der Waals surface area contributed by atoms with Gasteiger partial charge in [0.25, 0.3) is 5.56 Å². The van der Waals surface area contributed by atoms with Crippen molar-refractivity contribution in [3.05, 3.63) is 61.4 Å². The summed E-state index contributed by atoms with van der Waals surface area (Å²) >= 11 is 4.72. The van der Waals surface area contributed by atoms with E-state index in [1.165, 1.54) is 28.0 Å². The van der Waals surface area contributed by atoms with Crippen LogP contribution in [0.4, 0.5) is 0 Å². The number of hydrogen-bond acceptors (Lipinski definition) is 7. The van der Waals surface area contributed by atoms with E-state index in [1.54, 1.807) is 19.3 Å². The molecule has 0 bridgehead atoms. The molecule has 0 fully saturated rings. The van der Waals surface area contributed by atoms with E-state index in [0.29, 0.717) is 16.4 Å². The number of benzene rings is 1. The van der Waals surface area contributed by atoms with Crippen LogP contribution in [0.1, 0.15) is 23.2 Å². The van der Waals surface area contributed by atoms with Crippen molar-refractivity contribution < 1.29 is 14.3 Å². The van der Waals surface area contributed by atoms with Gasteiger partial charge in [-0.05, 0) is 30.7 Å². The number of esters is 1. The Hall–Kier alpha value is -2.52. The van der Waals surface area contributed by atoms with Crippen molar-refractivity contribution in [3.8, 4) is 5.75 Å². The number of methoxy groups -OCH3 is 1. The maximum Gasteiger partial charge on any atom is 0.331 e. The molecule has 3 rings (SSSR count). The molecular weight excluding hydrogens is 434 g/mol. The number of carbonyl (C=O) groups is 1. The monoisotopic (exact) mass is 449 g/mol. The minimum atomic E-state index is -0.544. The van der Waals surface area contributed by atoms with Crippen LogP contribution in [0.15, 0.2) is 39.6 Å². The van der Waals surface area contributed by atoms with Crippen LogP contribution in [0.2, 0.25) is 0 Å². The first-order chi connectivity index (χ1) is 13.0. The highest BCUT2D eigenvalue weighted by Gasteiger charge is 2.09. The molecule has 0 aliphatic heterocycles. The highest BCUT2D eigenvalue weighted by atomic mass is 79.9. The van der Waals surface area contributed by atoms with Crippen molar-refractivity contribution in [2.45, 2.75) is 20.0 Å². The molecule has 2 aromatic heterocycles. The standard InChI is InChI=1S/C18H16BrN3O4S/c1-3-15-21-22-16(23)9-13(20-18(22)27-15)10-26-17(24)7-4-11-8-12(19)5-6-14(11)25-2/h4-9H,3,10H2,1-2H3/b7-4+. The Bertz CT molecular complexity index is 1070. The van der Waals surface area contributed by atoms with Gasteiger partial charge in [0.05, 0.1) is 12.8 Å². The Morgan fingerprint density at radius 2 is 2.19 bits per heavy atom. The molecule has 0 spiro atoms. The van der Waals surface area contributed by atoms with Gasteiger partial charge >= 0.3 is 5.97 Å². The molecule has 0 N–H and O–H groups in total. The molecule has 1 aromatic carbocycles. The topological polar surface area (TPSA) is 82.8 Å². The lowest BCUT2D eigenvalue weighted by atomic mass is 10.2. The van der Waals surface area contributed by atoms with Gasteiger partial charge in [0.15, 0.2) is 0 Å². The van der Waals surface area contributed by atoms with E-state index in [-0.39, 0.29) is 12.2 Å². The zero-order chi connectivity index (χ0) is 19.4. The quantitative estimate of drug-likeness (QED) is 0.424. The van der Waals surface area contributed by atoms with Crippen LogP contribution in [-0.2, 0) is 22.6 Å². The Kier molecular flexibility index (Phi) is 6.02. The Labute approximate surface area is 167 Å². The molecular formula is C18H16BrN3O4S. The molecule has 3 aromatic rings. The van der Waals surface area contributed by atoms with E-state index in [0.717, 1.165) is 21.5 Å². The lowest BCUT2D eigenvalue weighted by Crippen LogP contribution is -2.16. The molecule has 0 amide bonds. The molecule has 2 heterocycles. The number of aryl methyl sites for hydroxylation is 1. The van der Waals surface area contributed by atoms with E-state index in [2.05, 4.69) is 26.0 Å². The summed E-state index contributed by atoms with van der Waals surface area (Å²) in [6.45, 7) is 1.86. The van der Waals surface area contributed by atoms with Crippen LogP contribution in [0.25, 0.3) is 11.0 Å². The second-order valence-electron chi connectivity index (χ2n) is 5.46. The van der Waals surface area contributed by atoms with E-state index in [1.807, 2.05) is 19.1 Å². The zero-order valence-corrected chi connectivity index (χ0v) is 17.0. The van der Waals surface area contributed by atoms with Gasteiger partial charge in [0.1, 0.15) is 17.4 Å². The predicted molar refractivity (Wildman–Crippen MR) is 106 cm³/mol. The summed E-state index contributed by atoms with van der Waals surface area (Å²) < 4.78 is 12.6. The molecule has 0 radical (unpaired) electrons. The van der Waals surface area contributed by atoms with Gasteiger partial charge in [-0.1, -0.05) is 34.2 Å². The van der Waals surface area contributed by atoms with Crippen LogP contribution in [-0.4, -0.2) is 27.7 Å². The Morgan fingerprint density at radius 3 is 2.93 bits per heavy atom. The number of hydrogen-bond donors (Lipinski definition) is 0. The predicted octanol–water partition coefficient (Wildman–Crippen LogP) is 3.24. The molecule has 0 unspecified atom stereocenters. The first-order valence-electron chi connectivity index (χ1n) is 8.07. The highest BCUT2D eigenvalue weighted by molar-refractivity contribution is 9.10. The maximum absolute atomic E-state index is 12.1.